The molecular formula is C27H24BrN2O-. The molecule has 2 aromatic carbocycles. The van der Waals surface area contributed by atoms with Crippen LogP contribution < -0.4 is 17.0 Å². The van der Waals surface area contributed by atoms with Crippen molar-refractivity contribution in [3.05, 3.63) is 126 Å². The molecule has 0 aromatic heterocycles. The number of allylic oxidation sites excluding steroid dienone is 4. The van der Waals surface area contributed by atoms with Crippen molar-refractivity contribution < 1.29 is 21.8 Å². The first-order chi connectivity index (χ1) is 14.8. The molecule has 0 saturated carbocycles. The first-order valence-electron chi connectivity index (χ1n) is 10.4. The summed E-state index contributed by atoms with van der Waals surface area (Å²) >= 11 is 0. The number of halogens is 1. The molecule has 0 N–H and O–H groups in total. The molecule has 5 rings (SSSR count). The van der Waals surface area contributed by atoms with Gasteiger partial charge in [-0.25, -0.2) is 0 Å². The van der Waals surface area contributed by atoms with E-state index in [0.717, 1.165) is 12.0 Å². The predicted octanol–water partition coefficient (Wildman–Crippen LogP) is 2.14. The second-order valence-electron chi connectivity index (χ2n) is 7.87. The number of rotatable bonds is 5. The number of nitrogens with zero attached hydrogens (tertiary/aromatic N) is 2. The van der Waals surface area contributed by atoms with Gasteiger partial charge in [-0.3, -0.25) is 4.79 Å². The van der Waals surface area contributed by atoms with Crippen LogP contribution in [0.3, 0.4) is 0 Å². The molecule has 2 heterocycles. The van der Waals surface area contributed by atoms with Gasteiger partial charge in [0.25, 0.3) is 0 Å². The topological polar surface area (TPSA) is 23.6 Å². The van der Waals surface area contributed by atoms with Crippen LogP contribution in [0.15, 0.2) is 115 Å². The molecule has 2 aromatic rings. The molecule has 3 atom stereocenters. The maximum Gasteiger partial charge on any atom is 0.166 e. The molecule has 31 heavy (non-hydrogen) atoms. The van der Waals surface area contributed by atoms with Gasteiger partial charge in [0.1, 0.15) is 0 Å². The van der Waals surface area contributed by atoms with Gasteiger partial charge < -0.3 is 26.8 Å². The average Bonchev–Trinajstić information content (AvgIpc) is 3.11. The maximum absolute atomic E-state index is 11.9. The number of aldehydes is 1. The summed E-state index contributed by atoms with van der Waals surface area (Å²) in [5.74, 6) is 0.527. The Morgan fingerprint density at radius 1 is 0.903 bits per heavy atom. The fourth-order valence-electron chi connectivity index (χ4n) is 4.57. The lowest BCUT2D eigenvalue weighted by molar-refractivity contribution is -0.106. The van der Waals surface area contributed by atoms with Gasteiger partial charge in [0.05, 0.1) is 11.7 Å². The van der Waals surface area contributed by atoms with Crippen LogP contribution in [-0.2, 0) is 11.3 Å². The molecule has 1 saturated heterocycles. The highest BCUT2D eigenvalue weighted by Gasteiger charge is 2.43. The lowest BCUT2D eigenvalue weighted by atomic mass is 9.85. The van der Waals surface area contributed by atoms with Gasteiger partial charge in [-0.1, -0.05) is 85.0 Å². The monoisotopic (exact) mass is 471 g/mol. The molecule has 2 aliphatic heterocycles. The molecule has 0 amide bonds. The zero-order valence-electron chi connectivity index (χ0n) is 17.1. The number of carbonyl (C=O) groups is 1. The molecule has 3 unspecified atom stereocenters. The third kappa shape index (κ3) is 4.21. The SMILES string of the molecule is O=CC1=CC2C(=CN1Cc1ccccc1)N(/C=C/c1ccccc1)C1C=CC=CC21.[Br-]. The maximum atomic E-state index is 11.9. The third-order valence-electron chi connectivity index (χ3n) is 6.04. The molecule has 0 bridgehead atoms. The van der Waals surface area contributed by atoms with E-state index in [1.165, 1.54) is 16.8 Å². The van der Waals surface area contributed by atoms with Crippen molar-refractivity contribution in [3.63, 3.8) is 0 Å². The van der Waals surface area contributed by atoms with Gasteiger partial charge >= 0.3 is 0 Å². The smallest absolute Gasteiger partial charge is 0.166 e. The number of likely N-dealkylation sites (tertiary alicyclic amines) is 1. The van der Waals surface area contributed by atoms with Crippen LogP contribution in [0, 0.1) is 11.8 Å². The van der Waals surface area contributed by atoms with Crippen LogP contribution in [0.2, 0.25) is 0 Å². The van der Waals surface area contributed by atoms with Crippen LogP contribution in [0.5, 0.6) is 0 Å². The number of carbonyl (C=O) groups excluding carboxylic acids is 1. The van der Waals surface area contributed by atoms with E-state index in [-0.39, 0.29) is 28.9 Å². The van der Waals surface area contributed by atoms with Crippen LogP contribution in [-0.4, -0.2) is 22.1 Å². The Labute approximate surface area is 194 Å². The van der Waals surface area contributed by atoms with E-state index in [1.807, 2.05) is 24.3 Å². The van der Waals surface area contributed by atoms with E-state index in [0.29, 0.717) is 12.5 Å². The minimum absolute atomic E-state index is 0. The van der Waals surface area contributed by atoms with Gasteiger partial charge in [0.15, 0.2) is 6.29 Å². The second-order valence-corrected chi connectivity index (χ2v) is 7.87. The molecular weight excluding hydrogens is 448 g/mol. The highest BCUT2D eigenvalue weighted by molar-refractivity contribution is 5.74. The molecule has 3 nitrogen and oxygen atoms in total. The van der Waals surface area contributed by atoms with E-state index in [9.17, 15) is 4.79 Å². The molecule has 0 radical (unpaired) electrons. The Balaban J connectivity index is 0.00000231. The Bertz CT molecular complexity index is 1070. The summed E-state index contributed by atoms with van der Waals surface area (Å²) in [6, 6.07) is 20.9. The zero-order valence-corrected chi connectivity index (χ0v) is 18.7. The summed E-state index contributed by atoms with van der Waals surface area (Å²) in [4.78, 5) is 16.3. The normalized spacial score (nSPS) is 23.7. The lowest BCUT2D eigenvalue weighted by Crippen LogP contribution is -3.00. The minimum Gasteiger partial charge on any atom is -1.00 e. The van der Waals surface area contributed by atoms with Gasteiger partial charge in [-0.2, -0.15) is 0 Å². The van der Waals surface area contributed by atoms with Crippen molar-refractivity contribution in [2.75, 3.05) is 0 Å². The number of fused-ring (bicyclic) bond motifs is 3. The quantitative estimate of drug-likeness (QED) is 0.624. The van der Waals surface area contributed by atoms with Crippen LogP contribution in [0.4, 0.5) is 0 Å². The Morgan fingerprint density at radius 2 is 1.61 bits per heavy atom. The van der Waals surface area contributed by atoms with E-state index in [2.05, 4.69) is 95.1 Å². The summed E-state index contributed by atoms with van der Waals surface area (Å²) in [6.07, 6.45) is 18.4. The van der Waals surface area contributed by atoms with Crippen molar-refractivity contribution in [1.29, 1.82) is 0 Å². The first-order valence-corrected chi connectivity index (χ1v) is 10.4. The van der Waals surface area contributed by atoms with Crippen LogP contribution >= 0.6 is 0 Å². The van der Waals surface area contributed by atoms with E-state index < -0.39 is 0 Å². The molecule has 4 heteroatoms. The first kappa shape index (κ1) is 21.1. The number of hydrogen-bond donors (Lipinski definition) is 0. The zero-order chi connectivity index (χ0) is 20.3. The largest absolute Gasteiger partial charge is 1.00 e. The number of benzene rings is 2. The summed E-state index contributed by atoms with van der Waals surface area (Å²) in [5.41, 5.74) is 4.33. The van der Waals surface area contributed by atoms with E-state index >= 15 is 0 Å². The molecule has 1 fully saturated rings. The molecule has 1 aliphatic carbocycles. The van der Waals surface area contributed by atoms with Gasteiger partial charge in [-0.05, 0) is 23.3 Å². The third-order valence-corrected chi connectivity index (χ3v) is 6.04. The summed E-state index contributed by atoms with van der Waals surface area (Å²) in [6.45, 7) is 0.679. The van der Waals surface area contributed by atoms with Crippen molar-refractivity contribution in [3.8, 4) is 0 Å². The van der Waals surface area contributed by atoms with Crippen LogP contribution in [0.1, 0.15) is 11.1 Å². The molecule has 0 spiro atoms. The standard InChI is InChI=1S/C27H24N2O.BrH/c30-20-23-17-25-24-13-7-8-14-26(24)29(16-15-21-9-3-1-4-10-21)27(25)19-28(23)18-22-11-5-2-6-12-22;/h1-17,19-20,24-26H,18H2;1H/p-1/b16-15+;. The van der Waals surface area contributed by atoms with Crippen molar-refractivity contribution >= 4 is 12.4 Å². The minimum atomic E-state index is 0. The summed E-state index contributed by atoms with van der Waals surface area (Å²) in [5, 5.41) is 0. The van der Waals surface area contributed by atoms with Crippen LogP contribution in [0.25, 0.3) is 6.08 Å². The van der Waals surface area contributed by atoms with E-state index in [1.54, 1.807) is 0 Å². The van der Waals surface area contributed by atoms with Gasteiger partial charge in [-0.15, -0.1) is 0 Å². The Morgan fingerprint density at radius 3 is 2.35 bits per heavy atom. The molecule has 156 valence electrons. The highest BCUT2D eigenvalue weighted by atomic mass is 79.9. The Kier molecular flexibility index (Phi) is 6.38. The molecule has 3 aliphatic rings. The lowest BCUT2D eigenvalue weighted by Gasteiger charge is -2.30. The number of hydrogen-bond acceptors (Lipinski definition) is 3. The predicted molar refractivity (Wildman–Crippen MR) is 121 cm³/mol. The van der Waals surface area contributed by atoms with Crippen molar-refractivity contribution in [1.82, 2.24) is 9.80 Å². The fraction of sp³-hybridized carbons (Fsp3) is 0.148. The van der Waals surface area contributed by atoms with Crippen molar-refractivity contribution in [2.24, 2.45) is 11.8 Å². The van der Waals surface area contributed by atoms with Gasteiger partial charge in [0, 0.05) is 36.5 Å². The second kappa shape index (κ2) is 9.36. The fourth-order valence-corrected chi connectivity index (χ4v) is 4.57. The Hall–Kier alpha value is -3.11. The summed E-state index contributed by atoms with van der Waals surface area (Å²) < 4.78 is 0. The summed E-state index contributed by atoms with van der Waals surface area (Å²) in [7, 11) is 0. The van der Waals surface area contributed by atoms with E-state index in [4.69, 9.17) is 0 Å². The average molecular weight is 472 g/mol. The van der Waals surface area contributed by atoms with Gasteiger partial charge in [0.2, 0.25) is 0 Å². The van der Waals surface area contributed by atoms with Crippen molar-refractivity contribution in [2.45, 2.75) is 12.6 Å². The highest BCUT2D eigenvalue weighted by Crippen LogP contribution is 2.45.